The highest BCUT2D eigenvalue weighted by molar-refractivity contribution is 5.90. The van der Waals surface area contributed by atoms with Crippen LogP contribution in [0, 0.1) is 0 Å². The molecule has 0 radical (unpaired) electrons. The predicted octanol–water partition coefficient (Wildman–Crippen LogP) is 2.82. The van der Waals surface area contributed by atoms with Crippen LogP contribution in [-0.2, 0) is 6.18 Å². The minimum absolute atomic E-state index is 0.660. The Balaban J connectivity index is 3.28. The largest absolute Gasteiger partial charge is 0.417 e. The van der Waals surface area contributed by atoms with Gasteiger partial charge < -0.3 is 0 Å². The van der Waals surface area contributed by atoms with Crippen LogP contribution in [0.2, 0.25) is 0 Å². The molecule has 5 heteroatoms. The highest BCUT2D eigenvalue weighted by Gasteiger charge is 2.34. The molecule has 0 unspecified atom stereocenters. The van der Waals surface area contributed by atoms with E-state index in [1.165, 1.54) is 6.07 Å². The number of hydrogen-bond acceptors (Lipinski definition) is 1. The molecule has 1 nitrogen and oxygen atoms in total. The highest BCUT2D eigenvalue weighted by atomic mass is 19.4. The summed E-state index contributed by atoms with van der Waals surface area (Å²) in [6.07, 6.45) is -4.70. The summed E-state index contributed by atoms with van der Waals surface area (Å²) in [5.74, 6) is 0. The molecule has 0 spiro atoms. The average molecular weight is 192 g/mol. The molecule has 1 rings (SSSR count). The maximum Gasteiger partial charge on any atom is 0.417 e. The van der Waals surface area contributed by atoms with E-state index in [4.69, 9.17) is 0 Å². The second-order valence-electron chi connectivity index (χ2n) is 2.32. The van der Waals surface area contributed by atoms with Crippen molar-refractivity contribution in [1.29, 1.82) is 0 Å². The van der Waals surface area contributed by atoms with E-state index < -0.39 is 23.3 Å². The van der Waals surface area contributed by atoms with Gasteiger partial charge in [-0.25, -0.2) is 0 Å². The summed E-state index contributed by atoms with van der Waals surface area (Å²) >= 11 is 0. The number of carbonyl (C=O) groups excluding carboxylic acids is 1. The zero-order valence-corrected chi connectivity index (χ0v) is 6.23. The molecule has 0 heterocycles. The van der Waals surface area contributed by atoms with Gasteiger partial charge in [0.05, 0.1) is 11.1 Å². The summed E-state index contributed by atoms with van der Waals surface area (Å²) in [5.41, 5.74) is -2.20. The molecule has 0 aliphatic heterocycles. The quantitative estimate of drug-likeness (QED) is 0.494. The lowest BCUT2D eigenvalue weighted by Crippen LogP contribution is -2.10. The summed E-state index contributed by atoms with van der Waals surface area (Å²) in [5, 5.41) is 0. The van der Waals surface area contributed by atoms with Crippen LogP contribution in [0.4, 0.5) is 17.6 Å². The lowest BCUT2D eigenvalue weighted by molar-refractivity contribution is -0.138. The molecule has 0 N–H and O–H groups in total. The van der Waals surface area contributed by atoms with Gasteiger partial charge in [0.1, 0.15) is 0 Å². The lowest BCUT2D eigenvalue weighted by atomic mass is 10.1. The highest BCUT2D eigenvalue weighted by Crippen LogP contribution is 2.31. The lowest BCUT2D eigenvalue weighted by Gasteiger charge is -2.08. The van der Waals surface area contributed by atoms with Crippen LogP contribution in [0.1, 0.15) is 15.9 Å². The second kappa shape index (κ2) is 3.16. The topological polar surface area (TPSA) is 17.1 Å². The smallest absolute Gasteiger partial charge is 0.255 e. The Labute approximate surface area is 71.0 Å². The van der Waals surface area contributed by atoms with Gasteiger partial charge in [-0.15, -0.1) is 0 Å². The minimum atomic E-state index is -4.70. The SMILES string of the molecule is O=C(F)c1ccccc1C(F)(F)F. The van der Waals surface area contributed by atoms with Crippen LogP contribution in [0.5, 0.6) is 0 Å². The molecular weight excluding hydrogens is 188 g/mol. The molecule has 0 atom stereocenters. The molecular formula is C8H4F4O. The fourth-order valence-corrected chi connectivity index (χ4v) is 0.902. The Morgan fingerprint density at radius 1 is 1.15 bits per heavy atom. The molecule has 1 aromatic carbocycles. The van der Waals surface area contributed by atoms with Gasteiger partial charge in [-0.05, 0) is 12.1 Å². The summed E-state index contributed by atoms with van der Waals surface area (Å²) in [6, 6.07) is 1.64. The first-order chi connectivity index (χ1) is 5.93. The standard InChI is InChI=1S/C8H4F4O/c9-7(13)5-3-1-2-4-6(5)8(10,11)12/h1-4H. The molecule has 0 amide bonds. The molecule has 0 aliphatic rings. The van der Waals surface area contributed by atoms with Gasteiger partial charge in [0.2, 0.25) is 0 Å². The molecule has 0 saturated heterocycles. The van der Waals surface area contributed by atoms with Gasteiger partial charge in [-0.2, -0.15) is 17.6 Å². The number of carbonyl (C=O) groups is 1. The monoisotopic (exact) mass is 192 g/mol. The van der Waals surface area contributed by atoms with Crippen LogP contribution >= 0.6 is 0 Å². The Kier molecular flexibility index (Phi) is 2.36. The fraction of sp³-hybridized carbons (Fsp3) is 0.125. The summed E-state index contributed by atoms with van der Waals surface area (Å²) in [6.45, 7) is 0. The van der Waals surface area contributed by atoms with Crippen molar-refractivity contribution in [3.63, 3.8) is 0 Å². The Hall–Kier alpha value is -1.39. The number of hydrogen-bond donors (Lipinski definition) is 0. The van der Waals surface area contributed by atoms with Crippen molar-refractivity contribution in [3.8, 4) is 0 Å². The fourth-order valence-electron chi connectivity index (χ4n) is 0.902. The minimum Gasteiger partial charge on any atom is -0.255 e. The molecule has 0 aliphatic carbocycles. The predicted molar refractivity (Wildman–Crippen MR) is 36.9 cm³/mol. The third kappa shape index (κ3) is 2.05. The zero-order chi connectivity index (χ0) is 10.1. The van der Waals surface area contributed by atoms with Gasteiger partial charge in [0.15, 0.2) is 0 Å². The van der Waals surface area contributed by atoms with Crippen molar-refractivity contribution in [1.82, 2.24) is 0 Å². The van der Waals surface area contributed by atoms with E-state index in [-0.39, 0.29) is 0 Å². The summed E-state index contributed by atoms with van der Waals surface area (Å²) in [4.78, 5) is 10.1. The first-order valence-electron chi connectivity index (χ1n) is 3.29. The molecule has 0 saturated carbocycles. The van der Waals surface area contributed by atoms with Gasteiger partial charge >= 0.3 is 12.2 Å². The van der Waals surface area contributed by atoms with E-state index in [1.54, 1.807) is 0 Å². The second-order valence-corrected chi connectivity index (χ2v) is 2.32. The van der Waals surface area contributed by atoms with Crippen LogP contribution < -0.4 is 0 Å². The van der Waals surface area contributed by atoms with Gasteiger partial charge in [0.25, 0.3) is 0 Å². The molecule has 1 aromatic rings. The first-order valence-corrected chi connectivity index (χ1v) is 3.29. The zero-order valence-electron chi connectivity index (χ0n) is 6.23. The van der Waals surface area contributed by atoms with Crippen molar-refractivity contribution in [2.24, 2.45) is 0 Å². The molecule has 13 heavy (non-hydrogen) atoms. The molecule has 0 bridgehead atoms. The Morgan fingerprint density at radius 2 is 1.69 bits per heavy atom. The number of alkyl halides is 3. The van der Waals surface area contributed by atoms with Crippen molar-refractivity contribution < 1.29 is 22.4 Å². The van der Waals surface area contributed by atoms with E-state index in [0.29, 0.717) is 6.07 Å². The molecule has 70 valence electrons. The normalized spacial score (nSPS) is 11.4. The Morgan fingerprint density at radius 3 is 2.08 bits per heavy atom. The van der Waals surface area contributed by atoms with Crippen LogP contribution in [0.3, 0.4) is 0 Å². The molecule has 0 aromatic heterocycles. The maximum absolute atomic E-state index is 12.1. The van der Waals surface area contributed by atoms with Gasteiger partial charge in [-0.3, -0.25) is 4.79 Å². The van der Waals surface area contributed by atoms with Crippen molar-refractivity contribution >= 4 is 6.04 Å². The number of halogens is 4. The van der Waals surface area contributed by atoms with E-state index in [1.807, 2.05) is 0 Å². The van der Waals surface area contributed by atoms with Gasteiger partial charge in [0, 0.05) is 0 Å². The van der Waals surface area contributed by atoms with E-state index >= 15 is 0 Å². The van der Waals surface area contributed by atoms with E-state index in [2.05, 4.69) is 0 Å². The third-order valence-electron chi connectivity index (χ3n) is 1.44. The van der Waals surface area contributed by atoms with E-state index in [9.17, 15) is 22.4 Å². The van der Waals surface area contributed by atoms with Gasteiger partial charge in [-0.1, -0.05) is 12.1 Å². The maximum atomic E-state index is 12.1. The third-order valence-corrected chi connectivity index (χ3v) is 1.44. The Bertz CT molecular complexity index is 329. The van der Waals surface area contributed by atoms with E-state index in [0.717, 1.165) is 12.1 Å². The summed E-state index contributed by atoms with van der Waals surface area (Å²) in [7, 11) is 0. The molecule has 0 fully saturated rings. The average Bonchev–Trinajstić information content (AvgIpc) is 2.03. The number of benzene rings is 1. The van der Waals surface area contributed by atoms with Crippen LogP contribution in [-0.4, -0.2) is 6.04 Å². The number of rotatable bonds is 1. The van der Waals surface area contributed by atoms with Crippen LogP contribution in [0.25, 0.3) is 0 Å². The van der Waals surface area contributed by atoms with Crippen molar-refractivity contribution in [3.05, 3.63) is 35.4 Å². The van der Waals surface area contributed by atoms with Crippen molar-refractivity contribution in [2.45, 2.75) is 6.18 Å². The first kappa shape index (κ1) is 9.70. The van der Waals surface area contributed by atoms with Crippen molar-refractivity contribution in [2.75, 3.05) is 0 Å². The van der Waals surface area contributed by atoms with Crippen LogP contribution in [0.15, 0.2) is 24.3 Å². The summed E-state index contributed by atoms with van der Waals surface area (Å²) < 4.78 is 48.4.